The van der Waals surface area contributed by atoms with E-state index in [9.17, 15) is 9.90 Å². The van der Waals surface area contributed by atoms with Crippen LogP contribution in [0.5, 0.6) is 0 Å². The summed E-state index contributed by atoms with van der Waals surface area (Å²) in [6, 6.07) is 0. The van der Waals surface area contributed by atoms with Gasteiger partial charge in [0.05, 0.1) is 5.41 Å². The highest BCUT2D eigenvalue weighted by Crippen LogP contribution is 2.50. The summed E-state index contributed by atoms with van der Waals surface area (Å²) in [5, 5.41) is 9.37. The summed E-state index contributed by atoms with van der Waals surface area (Å²) in [5.74, 6) is 0.591. The Hall–Kier alpha value is -0.530. The van der Waals surface area contributed by atoms with Crippen molar-refractivity contribution < 1.29 is 9.90 Å². The van der Waals surface area contributed by atoms with Gasteiger partial charge in [0, 0.05) is 0 Å². The monoisotopic (exact) mass is 210 g/mol. The Bertz CT molecular complexity index is 239. The van der Waals surface area contributed by atoms with Gasteiger partial charge in [-0.1, -0.05) is 32.1 Å². The molecule has 1 atom stereocenters. The first kappa shape index (κ1) is 11.0. The summed E-state index contributed by atoms with van der Waals surface area (Å²) in [6.45, 7) is 1.97. The summed E-state index contributed by atoms with van der Waals surface area (Å²) in [4.78, 5) is 11.4. The largest absolute Gasteiger partial charge is 0.481 e. The summed E-state index contributed by atoms with van der Waals surface area (Å²) in [5.41, 5.74) is -0.415. The van der Waals surface area contributed by atoms with Crippen molar-refractivity contribution >= 4 is 5.97 Å². The molecule has 0 aromatic heterocycles. The van der Waals surface area contributed by atoms with Crippen LogP contribution >= 0.6 is 0 Å². The minimum atomic E-state index is -0.560. The van der Waals surface area contributed by atoms with E-state index >= 15 is 0 Å². The van der Waals surface area contributed by atoms with Gasteiger partial charge in [-0.2, -0.15) is 0 Å². The number of hydrogen-bond acceptors (Lipinski definition) is 1. The van der Waals surface area contributed by atoms with E-state index in [0.717, 1.165) is 19.3 Å². The van der Waals surface area contributed by atoms with E-state index in [1.54, 1.807) is 0 Å². The maximum Gasteiger partial charge on any atom is 0.309 e. The number of carboxylic acid groups (broad SMARTS) is 1. The SMILES string of the molecule is CC(CC1CCCCC1)(C(=O)O)C1CC1. The van der Waals surface area contributed by atoms with Crippen LogP contribution < -0.4 is 0 Å². The van der Waals surface area contributed by atoms with Crippen LogP contribution in [0.25, 0.3) is 0 Å². The molecule has 0 saturated heterocycles. The molecule has 0 aliphatic heterocycles. The lowest BCUT2D eigenvalue weighted by Crippen LogP contribution is -2.33. The topological polar surface area (TPSA) is 37.3 Å². The average Bonchev–Trinajstić information content (AvgIpc) is 3.02. The minimum Gasteiger partial charge on any atom is -0.481 e. The van der Waals surface area contributed by atoms with Crippen molar-refractivity contribution in [2.24, 2.45) is 17.3 Å². The Labute approximate surface area is 92.1 Å². The van der Waals surface area contributed by atoms with Crippen molar-refractivity contribution in [3.63, 3.8) is 0 Å². The van der Waals surface area contributed by atoms with Crippen LogP contribution in [0.3, 0.4) is 0 Å². The highest BCUT2D eigenvalue weighted by molar-refractivity contribution is 5.75. The minimum absolute atomic E-state index is 0.415. The lowest BCUT2D eigenvalue weighted by Gasteiger charge is -2.31. The Morgan fingerprint density at radius 3 is 2.27 bits per heavy atom. The van der Waals surface area contributed by atoms with E-state index in [4.69, 9.17) is 0 Å². The fourth-order valence-electron chi connectivity index (χ4n) is 3.14. The molecular weight excluding hydrogens is 188 g/mol. The molecule has 2 saturated carbocycles. The zero-order valence-corrected chi connectivity index (χ0v) is 9.67. The molecule has 0 aromatic rings. The average molecular weight is 210 g/mol. The smallest absolute Gasteiger partial charge is 0.309 e. The van der Waals surface area contributed by atoms with Crippen molar-refractivity contribution in [3.05, 3.63) is 0 Å². The van der Waals surface area contributed by atoms with Gasteiger partial charge in [0.1, 0.15) is 0 Å². The highest BCUT2D eigenvalue weighted by atomic mass is 16.4. The molecule has 2 fully saturated rings. The second-order valence-electron chi connectivity index (χ2n) is 5.71. The molecule has 2 aliphatic carbocycles. The van der Waals surface area contributed by atoms with Gasteiger partial charge in [0.25, 0.3) is 0 Å². The first-order valence-corrected chi connectivity index (χ1v) is 6.36. The maximum absolute atomic E-state index is 11.4. The van der Waals surface area contributed by atoms with Crippen LogP contribution in [-0.2, 0) is 4.79 Å². The van der Waals surface area contributed by atoms with Gasteiger partial charge in [0.15, 0.2) is 0 Å². The molecule has 0 radical (unpaired) electrons. The molecule has 2 nitrogen and oxygen atoms in total. The van der Waals surface area contributed by atoms with Crippen LogP contribution in [0.15, 0.2) is 0 Å². The third kappa shape index (κ3) is 2.35. The third-order valence-electron chi connectivity index (χ3n) is 4.40. The van der Waals surface area contributed by atoms with Crippen LogP contribution in [0.2, 0.25) is 0 Å². The lowest BCUT2D eigenvalue weighted by atomic mass is 9.73. The number of carboxylic acids is 1. The Balaban J connectivity index is 1.96. The molecular formula is C13H22O2. The van der Waals surface area contributed by atoms with Gasteiger partial charge < -0.3 is 5.11 Å². The van der Waals surface area contributed by atoms with Crippen molar-refractivity contribution in [2.75, 3.05) is 0 Å². The number of hydrogen-bond donors (Lipinski definition) is 1. The molecule has 1 N–H and O–H groups in total. The van der Waals surface area contributed by atoms with Gasteiger partial charge >= 0.3 is 5.97 Å². The van der Waals surface area contributed by atoms with Gasteiger partial charge in [-0.25, -0.2) is 0 Å². The van der Waals surface area contributed by atoms with Crippen LogP contribution in [0.1, 0.15) is 58.3 Å². The van der Waals surface area contributed by atoms with Crippen LogP contribution in [0, 0.1) is 17.3 Å². The quantitative estimate of drug-likeness (QED) is 0.771. The predicted molar refractivity (Wildman–Crippen MR) is 59.7 cm³/mol. The second kappa shape index (κ2) is 4.15. The van der Waals surface area contributed by atoms with E-state index in [-0.39, 0.29) is 0 Å². The van der Waals surface area contributed by atoms with Gasteiger partial charge in [-0.05, 0) is 38.0 Å². The van der Waals surface area contributed by atoms with Crippen LogP contribution in [0.4, 0.5) is 0 Å². The van der Waals surface area contributed by atoms with Gasteiger partial charge in [-0.15, -0.1) is 0 Å². The van der Waals surface area contributed by atoms with Crippen molar-refractivity contribution in [1.82, 2.24) is 0 Å². The summed E-state index contributed by atoms with van der Waals surface area (Å²) >= 11 is 0. The second-order valence-corrected chi connectivity index (χ2v) is 5.71. The Morgan fingerprint density at radius 2 is 1.80 bits per heavy atom. The molecule has 0 amide bonds. The predicted octanol–water partition coefficient (Wildman–Crippen LogP) is 3.46. The van der Waals surface area contributed by atoms with Gasteiger partial charge in [-0.3, -0.25) is 4.79 Å². The molecule has 0 bridgehead atoms. The fraction of sp³-hybridized carbons (Fsp3) is 0.923. The zero-order chi connectivity index (χ0) is 10.9. The highest BCUT2D eigenvalue weighted by Gasteiger charge is 2.48. The lowest BCUT2D eigenvalue weighted by molar-refractivity contribution is -0.150. The van der Waals surface area contributed by atoms with Gasteiger partial charge in [0.2, 0.25) is 0 Å². The van der Waals surface area contributed by atoms with Crippen LogP contribution in [-0.4, -0.2) is 11.1 Å². The standard InChI is InChI=1S/C13H22O2/c1-13(12(14)15,11-7-8-11)9-10-5-3-2-4-6-10/h10-11H,2-9H2,1H3,(H,14,15). The summed E-state index contributed by atoms with van der Waals surface area (Å²) in [7, 11) is 0. The molecule has 2 heteroatoms. The summed E-state index contributed by atoms with van der Waals surface area (Å²) in [6.07, 6.45) is 9.68. The van der Waals surface area contributed by atoms with Crippen molar-refractivity contribution in [1.29, 1.82) is 0 Å². The maximum atomic E-state index is 11.4. The third-order valence-corrected chi connectivity index (χ3v) is 4.40. The molecule has 0 spiro atoms. The first-order valence-electron chi connectivity index (χ1n) is 6.36. The Morgan fingerprint density at radius 1 is 1.20 bits per heavy atom. The van der Waals surface area contributed by atoms with E-state index in [2.05, 4.69) is 0 Å². The van der Waals surface area contributed by atoms with E-state index in [1.165, 1.54) is 32.1 Å². The number of aliphatic carboxylic acids is 1. The molecule has 15 heavy (non-hydrogen) atoms. The van der Waals surface area contributed by atoms with Crippen molar-refractivity contribution in [3.8, 4) is 0 Å². The normalized spacial score (nSPS) is 27.3. The fourth-order valence-corrected chi connectivity index (χ4v) is 3.14. The van der Waals surface area contributed by atoms with E-state index in [0.29, 0.717) is 11.8 Å². The Kier molecular flexibility index (Phi) is 3.03. The molecule has 1 unspecified atom stereocenters. The van der Waals surface area contributed by atoms with E-state index in [1.807, 2.05) is 6.92 Å². The number of carbonyl (C=O) groups is 1. The van der Waals surface area contributed by atoms with E-state index < -0.39 is 11.4 Å². The molecule has 2 rings (SSSR count). The zero-order valence-electron chi connectivity index (χ0n) is 9.67. The summed E-state index contributed by atoms with van der Waals surface area (Å²) < 4.78 is 0. The number of rotatable bonds is 4. The van der Waals surface area contributed by atoms with Crippen molar-refractivity contribution in [2.45, 2.75) is 58.3 Å². The molecule has 86 valence electrons. The first-order chi connectivity index (χ1) is 7.13. The molecule has 0 heterocycles. The molecule has 0 aromatic carbocycles. The molecule has 2 aliphatic rings.